The summed E-state index contributed by atoms with van der Waals surface area (Å²) in [5, 5.41) is 2.59. The van der Waals surface area contributed by atoms with Crippen molar-refractivity contribution in [2.45, 2.75) is 6.92 Å². The summed E-state index contributed by atoms with van der Waals surface area (Å²) in [4.78, 5) is 14.5. The Labute approximate surface area is 58.3 Å². The zero-order valence-electron chi connectivity index (χ0n) is 5.63. The molecule has 4 nitrogen and oxygen atoms in total. The Morgan fingerprint density at radius 1 is 1.90 bits per heavy atom. The molecular formula is C6H8N2O2. The molecule has 0 aliphatic heterocycles. The van der Waals surface area contributed by atoms with Crippen molar-refractivity contribution >= 4 is 5.91 Å². The minimum Gasteiger partial charge on any atom is -0.451 e. The van der Waals surface area contributed by atoms with Gasteiger partial charge >= 0.3 is 0 Å². The number of hydrogen-bond acceptors (Lipinski definition) is 3. The van der Waals surface area contributed by atoms with Crippen molar-refractivity contribution in [2.24, 2.45) is 0 Å². The third-order valence-corrected chi connectivity index (χ3v) is 1.00. The summed E-state index contributed by atoms with van der Waals surface area (Å²) in [6.07, 6.45) is 2.54. The SMILES string of the molecule is CCNC(=O)c1cocn1. The minimum absolute atomic E-state index is 0.198. The van der Waals surface area contributed by atoms with Crippen molar-refractivity contribution in [2.75, 3.05) is 6.54 Å². The molecule has 1 aromatic rings. The van der Waals surface area contributed by atoms with Crippen molar-refractivity contribution < 1.29 is 9.21 Å². The van der Waals surface area contributed by atoms with Crippen molar-refractivity contribution in [3.05, 3.63) is 18.4 Å². The van der Waals surface area contributed by atoms with Gasteiger partial charge in [-0.2, -0.15) is 0 Å². The maximum atomic E-state index is 10.9. The van der Waals surface area contributed by atoms with E-state index in [4.69, 9.17) is 0 Å². The van der Waals surface area contributed by atoms with Crippen LogP contribution in [0.15, 0.2) is 17.1 Å². The molecule has 0 aliphatic carbocycles. The molecule has 1 heterocycles. The van der Waals surface area contributed by atoms with Crippen molar-refractivity contribution in [1.82, 2.24) is 10.3 Å². The first-order valence-corrected chi connectivity index (χ1v) is 3.01. The Bertz CT molecular complexity index is 206. The number of amides is 1. The highest BCUT2D eigenvalue weighted by Gasteiger charge is 2.04. The summed E-state index contributed by atoms with van der Waals surface area (Å²) < 4.78 is 4.61. The lowest BCUT2D eigenvalue weighted by Crippen LogP contribution is -2.22. The number of nitrogens with zero attached hydrogens (tertiary/aromatic N) is 1. The van der Waals surface area contributed by atoms with E-state index in [1.54, 1.807) is 0 Å². The van der Waals surface area contributed by atoms with E-state index in [1.165, 1.54) is 12.7 Å². The van der Waals surface area contributed by atoms with Crippen molar-refractivity contribution in [3.63, 3.8) is 0 Å². The average molecular weight is 140 g/mol. The van der Waals surface area contributed by atoms with Crippen LogP contribution in [0, 0.1) is 0 Å². The fourth-order valence-corrected chi connectivity index (χ4v) is 0.576. The Morgan fingerprint density at radius 3 is 3.20 bits per heavy atom. The van der Waals surface area contributed by atoms with Gasteiger partial charge < -0.3 is 9.73 Å². The maximum absolute atomic E-state index is 10.9. The molecule has 0 spiro atoms. The third kappa shape index (κ3) is 1.34. The highest BCUT2D eigenvalue weighted by molar-refractivity contribution is 5.91. The molecule has 54 valence electrons. The van der Waals surface area contributed by atoms with Crippen LogP contribution in [0.4, 0.5) is 0 Å². The fraction of sp³-hybridized carbons (Fsp3) is 0.333. The van der Waals surface area contributed by atoms with Crippen LogP contribution in [0.25, 0.3) is 0 Å². The van der Waals surface area contributed by atoms with Gasteiger partial charge in [-0.3, -0.25) is 4.79 Å². The summed E-state index contributed by atoms with van der Waals surface area (Å²) in [6, 6.07) is 0. The third-order valence-electron chi connectivity index (χ3n) is 1.00. The molecule has 1 amide bonds. The zero-order valence-corrected chi connectivity index (χ0v) is 5.63. The first kappa shape index (κ1) is 6.80. The number of hydrogen-bond donors (Lipinski definition) is 1. The molecular weight excluding hydrogens is 132 g/mol. The van der Waals surface area contributed by atoms with Gasteiger partial charge in [0, 0.05) is 6.54 Å². The average Bonchev–Trinajstić information content (AvgIpc) is 2.38. The normalized spacial score (nSPS) is 9.30. The summed E-state index contributed by atoms with van der Waals surface area (Å²) >= 11 is 0. The number of oxazole rings is 1. The molecule has 0 aliphatic rings. The van der Waals surface area contributed by atoms with Crippen molar-refractivity contribution in [1.29, 1.82) is 0 Å². The van der Waals surface area contributed by atoms with Gasteiger partial charge in [0.05, 0.1) is 0 Å². The number of rotatable bonds is 2. The quantitative estimate of drug-likeness (QED) is 0.647. The van der Waals surface area contributed by atoms with E-state index in [1.807, 2.05) is 6.92 Å². The van der Waals surface area contributed by atoms with E-state index in [0.29, 0.717) is 12.2 Å². The predicted octanol–water partition coefficient (Wildman–Crippen LogP) is 0.424. The van der Waals surface area contributed by atoms with Crippen LogP contribution in [0.3, 0.4) is 0 Å². The molecule has 4 heteroatoms. The van der Waals surface area contributed by atoms with Gasteiger partial charge in [-0.1, -0.05) is 0 Å². The van der Waals surface area contributed by atoms with Gasteiger partial charge in [-0.25, -0.2) is 4.98 Å². The first-order chi connectivity index (χ1) is 4.84. The van der Waals surface area contributed by atoms with Crippen molar-refractivity contribution in [3.8, 4) is 0 Å². The van der Waals surface area contributed by atoms with E-state index in [-0.39, 0.29) is 5.91 Å². The van der Waals surface area contributed by atoms with Crippen LogP contribution in [0.1, 0.15) is 17.4 Å². The smallest absolute Gasteiger partial charge is 0.273 e. The lowest BCUT2D eigenvalue weighted by atomic mass is 10.4. The lowest BCUT2D eigenvalue weighted by Gasteiger charge is -1.94. The van der Waals surface area contributed by atoms with Crippen LogP contribution >= 0.6 is 0 Å². The van der Waals surface area contributed by atoms with Gasteiger partial charge in [-0.05, 0) is 6.92 Å². The zero-order chi connectivity index (χ0) is 7.40. The van der Waals surface area contributed by atoms with E-state index >= 15 is 0 Å². The topological polar surface area (TPSA) is 55.1 Å². The van der Waals surface area contributed by atoms with Gasteiger partial charge in [-0.15, -0.1) is 0 Å². The molecule has 0 saturated heterocycles. The molecule has 0 radical (unpaired) electrons. The standard InChI is InChI=1S/C6H8N2O2/c1-2-7-6(9)5-3-10-4-8-5/h3-4H,2H2,1H3,(H,7,9). The molecule has 0 atom stereocenters. The summed E-state index contributed by atoms with van der Waals surface area (Å²) in [6.45, 7) is 2.45. The monoisotopic (exact) mass is 140 g/mol. The first-order valence-electron chi connectivity index (χ1n) is 3.01. The van der Waals surface area contributed by atoms with Crippen LogP contribution in [0.2, 0.25) is 0 Å². The van der Waals surface area contributed by atoms with E-state index in [9.17, 15) is 4.79 Å². The summed E-state index contributed by atoms with van der Waals surface area (Å²) in [7, 11) is 0. The molecule has 1 aromatic heterocycles. The Morgan fingerprint density at radius 2 is 2.70 bits per heavy atom. The van der Waals surface area contributed by atoms with Gasteiger partial charge in [0.25, 0.3) is 5.91 Å². The van der Waals surface area contributed by atoms with Crippen LogP contribution in [-0.2, 0) is 0 Å². The number of carbonyl (C=O) groups excluding carboxylic acids is 1. The van der Waals surface area contributed by atoms with Gasteiger partial charge in [0.1, 0.15) is 6.26 Å². The summed E-state index contributed by atoms with van der Waals surface area (Å²) in [5.41, 5.74) is 0.321. The van der Waals surface area contributed by atoms with Crippen LogP contribution in [-0.4, -0.2) is 17.4 Å². The summed E-state index contributed by atoms with van der Waals surface area (Å²) in [5.74, 6) is -0.198. The maximum Gasteiger partial charge on any atom is 0.273 e. The Balaban J connectivity index is 2.59. The highest BCUT2D eigenvalue weighted by atomic mass is 16.3. The molecule has 1 N–H and O–H groups in total. The molecule has 0 saturated carbocycles. The number of nitrogens with one attached hydrogen (secondary N) is 1. The number of aromatic nitrogens is 1. The number of carbonyl (C=O) groups is 1. The molecule has 0 bridgehead atoms. The molecule has 1 rings (SSSR count). The lowest BCUT2D eigenvalue weighted by molar-refractivity contribution is 0.0951. The Kier molecular flexibility index (Phi) is 2.04. The van der Waals surface area contributed by atoms with E-state index in [2.05, 4.69) is 14.7 Å². The minimum atomic E-state index is -0.198. The Hall–Kier alpha value is -1.32. The highest BCUT2D eigenvalue weighted by Crippen LogP contribution is 1.92. The molecule has 0 unspecified atom stereocenters. The molecule has 0 aromatic carbocycles. The molecule has 10 heavy (non-hydrogen) atoms. The second-order valence-corrected chi connectivity index (χ2v) is 1.73. The second-order valence-electron chi connectivity index (χ2n) is 1.73. The van der Waals surface area contributed by atoms with Gasteiger partial charge in [0.2, 0.25) is 0 Å². The van der Waals surface area contributed by atoms with E-state index < -0.39 is 0 Å². The predicted molar refractivity (Wildman–Crippen MR) is 34.5 cm³/mol. The van der Waals surface area contributed by atoms with Gasteiger partial charge in [0.15, 0.2) is 12.1 Å². The fourth-order valence-electron chi connectivity index (χ4n) is 0.576. The van der Waals surface area contributed by atoms with Crippen LogP contribution < -0.4 is 5.32 Å². The largest absolute Gasteiger partial charge is 0.451 e. The second kappa shape index (κ2) is 3.00. The molecule has 0 fully saturated rings. The van der Waals surface area contributed by atoms with Crippen LogP contribution in [0.5, 0.6) is 0 Å². The van der Waals surface area contributed by atoms with E-state index in [0.717, 1.165) is 0 Å².